The predicted molar refractivity (Wildman–Crippen MR) is 59.8 cm³/mol. The van der Waals surface area contributed by atoms with E-state index in [-0.39, 0.29) is 0 Å². The summed E-state index contributed by atoms with van der Waals surface area (Å²) in [6.45, 7) is 0.796. The Hall–Kier alpha value is -1.33. The number of nitrogens with zero attached hydrogens (tertiary/aromatic N) is 2. The Morgan fingerprint density at radius 1 is 1.60 bits per heavy atom. The summed E-state index contributed by atoms with van der Waals surface area (Å²) in [5, 5.41) is 9.52. The Morgan fingerprint density at radius 2 is 2.33 bits per heavy atom. The number of nitrogens with two attached hydrogens (primary N) is 1. The topological polar surface area (TPSA) is 71.6 Å². The molecule has 1 unspecified atom stereocenters. The third-order valence-corrected chi connectivity index (χ3v) is 2.01. The minimum absolute atomic E-state index is 0.319. The van der Waals surface area contributed by atoms with Crippen molar-refractivity contribution in [3.8, 4) is 0 Å². The van der Waals surface area contributed by atoms with Gasteiger partial charge >= 0.3 is 0 Å². The number of ether oxygens (including phenoxy) is 1. The predicted octanol–water partition coefficient (Wildman–Crippen LogP) is 0.107. The van der Waals surface area contributed by atoms with Crippen LogP contribution in [0.5, 0.6) is 0 Å². The molecule has 3 N–H and O–H groups in total. The van der Waals surface area contributed by atoms with Gasteiger partial charge in [0.2, 0.25) is 0 Å². The molecule has 0 saturated carbocycles. The minimum Gasteiger partial charge on any atom is -0.397 e. The standard InChI is InChI=1S/C10H17N3O2/c1-13(6-9(14)7-15-2)10-4-3-8(11)5-12-10/h3-5,9,14H,6-7,11H2,1-2H3. The number of rotatable bonds is 5. The van der Waals surface area contributed by atoms with Gasteiger partial charge < -0.3 is 20.5 Å². The fourth-order valence-electron chi connectivity index (χ4n) is 1.28. The Morgan fingerprint density at radius 3 is 2.87 bits per heavy atom. The van der Waals surface area contributed by atoms with Crippen molar-refractivity contribution >= 4 is 11.5 Å². The van der Waals surface area contributed by atoms with Gasteiger partial charge in [0.05, 0.1) is 24.6 Å². The van der Waals surface area contributed by atoms with Crippen molar-refractivity contribution in [2.45, 2.75) is 6.10 Å². The minimum atomic E-state index is -0.514. The first-order chi connectivity index (χ1) is 7.13. The molecule has 1 aromatic heterocycles. The van der Waals surface area contributed by atoms with Gasteiger partial charge in [0.1, 0.15) is 5.82 Å². The number of hydrogen-bond donors (Lipinski definition) is 2. The molecule has 0 saturated heterocycles. The number of hydrogen-bond acceptors (Lipinski definition) is 5. The van der Waals surface area contributed by atoms with E-state index < -0.39 is 6.10 Å². The molecular weight excluding hydrogens is 194 g/mol. The molecule has 5 heteroatoms. The number of aliphatic hydroxyl groups is 1. The van der Waals surface area contributed by atoms with E-state index in [1.54, 1.807) is 19.4 Å². The average Bonchev–Trinajstić information content (AvgIpc) is 2.18. The zero-order chi connectivity index (χ0) is 11.3. The monoisotopic (exact) mass is 211 g/mol. The molecule has 1 aromatic rings. The van der Waals surface area contributed by atoms with Crippen molar-refractivity contribution in [1.29, 1.82) is 0 Å². The quantitative estimate of drug-likeness (QED) is 0.723. The van der Waals surface area contributed by atoms with Gasteiger partial charge in [0.15, 0.2) is 0 Å². The van der Waals surface area contributed by atoms with Crippen molar-refractivity contribution in [3.05, 3.63) is 18.3 Å². The van der Waals surface area contributed by atoms with Gasteiger partial charge in [0.25, 0.3) is 0 Å². The number of aromatic nitrogens is 1. The number of anilines is 2. The lowest BCUT2D eigenvalue weighted by molar-refractivity contribution is 0.0694. The van der Waals surface area contributed by atoms with Crippen LogP contribution >= 0.6 is 0 Å². The third kappa shape index (κ3) is 3.73. The Balaban J connectivity index is 2.53. The maximum atomic E-state index is 9.52. The second-order valence-electron chi connectivity index (χ2n) is 3.44. The molecule has 1 rings (SSSR count). The van der Waals surface area contributed by atoms with Crippen molar-refractivity contribution in [2.24, 2.45) is 0 Å². The summed E-state index contributed by atoms with van der Waals surface area (Å²) >= 11 is 0. The summed E-state index contributed by atoms with van der Waals surface area (Å²) < 4.78 is 4.84. The number of likely N-dealkylation sites (N-methyl/N-ethyl adjacent to an activating group) is 1. The molecule has 0 fully saturated rings. The van der Waals surface area contributed by atoms with Crippen molar-refractivity contribution < 1.29 is 9.84 Å². The molecule has 0 aliphatic heterocycles. The molecule has 84 valence electrons. The SMILES string of the molecule is COCC(O)CN(C)c1ccc(N)cn1. The highest BCUT2D eigenvalue weighted by Gasteiger charge is 2.08. The molecule has 0 aromatic carbocycles. The van der Waals surface area contributed by atoms with Crippen LogP contribution in [-0.4, -0.2) is 43.5 Å². The summed E-state index contributed by atoms with van der Waals surface area (Å²) in [5.41, 5.74) is 6.15. The number of aliphatic hydroxyl groups excluding tert-OH is 1. The number of pyridine rings is 1. The molecular formula is C10H17N3O2. The smallest absolute Gasteiger partial charge is 0.128 e. The Labute approximate surface area is 89.5 Å². The lowest BCUT2D eigenvalue weighted by atomic mass is 10.3. The maximum absolute atomic E-state index is 9.52. The normalized spacial score (nSPS) is 12.5. The second-order valence-corrected chi connectivity index (χ2v) is 3.44. The van der Waals surface area contributed by atoms with Crippen LogP contribution in [0, 0.1) is 0 Å². The summed E-state index contributed by atoms with van der Waals surface area (Å²) in [5.74, 6) is 0.777. The van der Waals surface area contributed by atoms with E-state index in [4.69, 9.17) is 10.5 Å². The van der Waals surface area contributed by atoms with Crippen LogP contribution in [-0.2, 0) is 4.74 Å². The summed E-state index contributed by atoms with van der Waals surface area (Å²) in [7, 11) is 3.42. The Bertz CT molecular complexity index is 289. The zero-order valence-electron chi connectivity index (χ0n) is 9.05. The van der Waals surface area contributed by atoms with E-state index in [0.29, 0.717) is 18.8 Å². The van der Waals surface area contributed by atoms with E-state index >= 15 is 0 Å². The van der Waals surface area contributed by atoms with Crippen LogP contribution in [0.3, 0.4) is 0 Å². The molecule has 0 aliphatic rings. The van der Waals surface area contributed by atoms with E-state index in [2.05, 4.69) is 4.98 Å². The van der Waals surface area contributed by atoms with Gasteiger partial charge in [-0.2, -0.15) is 0 Å². The molecule has 5 nitrogen and oxygen atoms in total. The van der Waals surface area contributed by atoms with Crippen molar-refractivity contribution in [2.75, 3.05) is 37.9 Å². The first-order valence-electron chi connectivity index (χ1n) is 4.73. The summed E-state index contributed by atoms with van der Waals surface area (Å²) in [6, 6.07) is 3.59. The molecule has 0 aliphatic carbocycles. The van der Waals surface area contributed by atoms with Gasteiger partial charge in [-0.25, -0.2) is 4.98 Å². The molecule has 0 radical (unpaired) electrons. The van der Waals surface area contributed by atoms with E-state index in [9.17, 15) is 5.11 Å². The Kier molecular flexibility index (Phi) is 4.33. The van der Waals surface area contributed by atoms with Gasteiger partial charge in [-0.3, -0.25) is 0 Å². The lowest BCUT2D eigenvalue weighted by Crippen LogP contribution is -2.32. The molecule has 1 heterocycles. The van der Waals surface area contributed by atoms with Crippen molar-refractivity contribution in [3.63, 3.8) is 0 Å². The van der Waals surface area contributed by atoms with Crippen LogP contribution in [0.2, 0.25) is 0 Å². The first-order valence-corrected chi connectivity index (χ1v) is 4.73. The van der Waals surface area contributed by atoms with Crippen LogP contribution in [0.15, 0.2) is 18.3 Å². The largest absolute Gasteiger partial charge is 0.397 e. The highest BCUT2D eigenvalue weighted by Crippen LogP contribution is 2.10. The zero-order valence-corrected chi connectivity index (χ0v) is 9.05. The highest BCUT2D eigenvalue weighted by atomic mass is 16.5. The molecule has 15 heavy (non-hydrogen) atoms. The third-order valence-electron chi connectivity index (χ3n) is 2.01. The molecule has 0 amide bonds. The van der Waals surface area contributed by atoms with Crippen LogP contribution in [0.4, 0.5) is 11.5 Å². The highest BCUT2D eigenvalue weighted by molar-refractivity contribution is 5.45. The van der Waals surface area contributed by atoms with Crippen LogP contribution in [0.1, 0.15) is 0 Å². The van der Waals surface area contributed by atoms with Gasteiger partial charge in [-0.15, -0.1) is 0 Å². The fourth-order valence-corrected chi connectivity index (χ4v) is 1.28. The molecule has 1 atom stereocenters. The van der Waals surface area contributed by atoms with E-state index in [0.717, 1.165) is 5.82 Å². The molecule has 0 bridgehead atoms. The lowest BCUT2D eigenvalue weighted by Gasteiger charge is -2.21. The van der Waals surface area contributed by atoms with E-state index in [1.807, 2.05) is 18.0 Å². The maximum Gasteiger partial charge on any atom is 0.128 e. The fraction of sp³-hybridized carbons (Fsp3) is 0.500. The van der Waals surface area contributed by atoms with Crippen LogP contribution < -0.4 is 10.6 Å². The van der Waals surface area contributed by atoms with Crippen molar-refractivity contribution in [1.82, 2.24) is 4.98 Å². The second kappa shape index (κ2) is 5.53. The first kappa shape index (κ1) is 11.7. The summed E-state index contributed by atoms with van der Waals surface area (Å²) in [4.78, 5) is 5.99. The number of nitrogen functional groups attached to an aromatic ring is 1. The summed E-state index contributed by atoms with van der Waals surface area (Å²) in [6.07, 6.45) is 1.08. The van der Waals surface area contributed by atoms with Crippen LogP contribution in [0.25, 0.3) is 0 Å². The number of methoxy groups -OCH3 is 1. The van der Waals surface area contributed by atoms with Gasteiger partial charge in [-0.1, -0.05) is 0 Å². The molecule has 0 spiro atoms. The average molecular weight is 211 g/mol. The van der Waals surface area contributed by atoms with E-state index in [1.165, 1.54) is 0 Å². The van der Waals surface area contributed by atoms with Gasteiger partial charge in [0, 0.05) is 20.7 Å². The van der Waals surface area contributed by atoms with Gasteiger partial charge in [-0.05, 0) is 12.1 Å².